The Morgan fingerprint density at radius 2 is 2.24 bits per heavy atom. The average Bonchev–Trinajstić information content (AvgIpc) is 2.78. The van der Waals surface area contributed by atoms with Gasteiger partial charge < -0.3 is 9.47 Å². The van der Waals surface area contributed by atoms with Crippen LogP contribution in [0.15, 0.2) is 24.3 Å². The summed E-state index contributed by atoms with van der Waals surface area (Å²) in [4.78, 5) is 5.66. The summed E-state index contributed by atoms with van der Waals surface area (Å²) in [6.45, 7) is 4.29. The molecule has 1 aliphatic heterocycles. The third kappa shape index (κ3) is 3.19. The minimum Gasteiger partial charge on any atom is -0.496 e. The normalized spacial score (nSPS) is 20.7. The zero-order chi connectivity index (χ0) is 12.1. The molecule has 0 radical (unpaired) electrons. The van der Waals surface area contributed by atoms with Gasteiger partial charge in [0.05, 0.1) is 13.7 Å². The fraction of sp³-hybridized carbons (Fsp3) is 0.538. The molecule has 1 fully saturated rings. The highest BCUT2D eigenvalue weighted by atomic mass is 16.8. The van der Waals surface area contributed by atoms with Crippen LogP contribution in [0.3, 0.4) is 0 Å². The molecule has 0 amide bonds. The van der Waals surface area contributed by atoms with Gasteiger partial charge in [0.15, 0.2) is 6.29 Å². The van der Waals surface area contributed by atoms with Crippen molar-refractivity contribution in [3.8, 4) is 5.75 Å². The first-order chi connectivity index (χ1) is 8.33. The van der Waals surface area contributed by atoms with Crippen molar-refractivity contribution < 1.29 is 14.3 Å². The van der Waals surface area contributed by atoms with Crippen LogP contribution in [-0.2, 0) is 16.1 Å². The first kappa shape index (κ1) is 12.4. The monoisotopic (exact) mass is 237 g/mol. The number of rotatable bonds is 5. The van der Waals surface area contributed by atoms with E-state index in [9.17, 15) is 0 Å². The van der Waals surface area contributed by atoms with Crippen LogP contribution in [0.5, 0.6) is 5.75 Å². The maximum Gasteiger partial charge on any atom is 0.178 e. The summed E-state index contributed by atoms with van der Waals surface area (Å²) in [6.07, 6.45) is 0.831. The summed E-state index contributed by atoms with van der Waals surface area (Å²) in [6, 6.07) is 7.99. The van der Waals surface area contributed by atoms with Gasteiger partial charge in [-0.25, -0.2) is 0 Å². The predicted molar refractivity (Wildman–Crippen MR) is 64.5 cm³/mol. The van der Waals surface area contributed by atoms with E-state index < -0.39 is 0 Å². The lowest BCUT2D eigenvalue weighted by Crippen LogP contribution is -2.20. The topological polar surface area (TPSA) is 30.9 Å². The number of hydrogen-bond donors (Lipinski definition) is 0. The number of ether oxygens (including phenoxy) is 2. The van der Waals surface area contributed by atoms with E-state index in [4.69, 9.17) is 14.3 Å². The van der Waals surface area contributed by atoms with E-state index in [1.807, 2.05) is 30.2 Å². The van der Waals surface area contributed by atoms with Crippen LogP contribution < -0.4 is 4.74 Å². The van der Waals surface area contributed by atoms with E-state index in [1.54, 1.807) is 7.11 Å². The summed E-state index contributed by atoms with van der Waals surface area (Å²) in [5, 5.41) is 1.93. The Labute approximate surface area is 102 Å². The maximum absolute atomic E-state index is 5.66. The predicted octanol–water partition coefficient (Wildman–Crippen LogP) is 2.20. The Morgan fingerprint density at radius 3 is 3.00 bits per heavy atom. The van der Waals surface area contributed by atoms with Gasteiger partial charge in [0.1, 0.15) is 5.75 Å². The van der Waals surface area contributed by atoms with Crippen molar-refractivity contribution in [3.63, 3.8) is 0 Å². The molecule has 17 heavy (non-hydrogen) atoms. The molecule has 1 saturated heterocycles. The van der Waals surface area contributed by atoms with Crippen molar-refractivity contribution >= 4 is 0 Å². The zero-order valence-electron chi connectivity index (χ0n) is 10.4. The molecule has 1 aliphatic rings. The summed E-state index contributed by atoms with van der Waals surface area (Å²) in [5.74, 6) is 0.899. The minimum atomic E-state index is -0.0882. The summed E-state index contributed by atoms with van der Waals surface area (Å²) in [7, 11) is 1.69. The van der Waals surface area contributed by atoms with Crippen LogP contribution in [0.1, 0.15) is 18.9 Å². The number of hydrogen-bond acceptors (Lipinski definition) is 4. The Kier molecular flexibility index (Phi) is 4.36. The van der Waals surface area contributed by atoms with Crippen molar-refractivity contribution in [1.29, 1.82) is 0 Å². The zero-order valence-corrected chi connectivity index (χ0v) is 10.4. The SMILES string of the molecule is CCOC1CCN(Cc2ccccc2OC)O1. The smallest absolute Gasteiger partial charge is 0.178 e. The number of para-hydroxylation sites is 1. The highest BCUT2D eigenvalue weighted by Crippen LogP contribution is 2.23. The molecule has 0 aromatic heterocycles. The van der Waals surface area contributed by atoms with Crippen LogP contribution in [0.2, 0.25) is 0 Å². The lowest BCUT2D eigenvalue weighted by atomic mass is 10.2. The van der Waals surface area contributed by atoms with E-state index in [2.05, 4.69) is 6.07 Å². The van der Waals surface area contributed by atoms with Gasteiger partial charge in [-0.15, -0.1) is 0 Å². The van der Waals surface area contributed by atoms with Crippen LogP contribution in [0, 0.1) is 0 Å². The second-order valence-electron chi connectivity index (χ2n) is 3.95. The Balaban J connectivity index is 1.93. The minimum absolute atomic E-state index is 0.0882. The molecule has 0 spiro atoms. The fourth-order valence-electron chi connectivity index (χ4n) is 1.96. The van der Waals surface area contributed by atoms with Crippen LogP contribution >= 0.6 is 0 Å². The first-order valence-corrected chi connectivity index (χ1v) is 5.98. The van der Waals surface area contributed by atoms with Gasteiger partial charge in [0, 0.05) is 25.1 Å². The number of nitrogens with zero attached hydrogens (tertiary/aromatic N) is 1. The highest BCUT2D eigenvalue weighted by Gasteiger charge is 2.24. The van der Waals surface area contributed by atoms with Gasteiger partial charge in [-0.2, -0.15) is 5.06 Å². The molecule has 0 N–H and O–H groups in total. The van der Waals surface area contributed by atoms with Crippen LogP contribution in [-0.4, -0.2) is 31.6 Å². The molecule has 1 aromatic carbocycles. The molecule has 1 heterocycles. The summed E-state index contributed by atoms with van der Waals surface area (Å²) in [5.41, 5.74) is 1.13. The van der Waals surface area contributed by atoms with E-state index in [0.29, 0.717) is 6.61 Å². The Bertz CT molecular complexity index is 356. The van der Waals surface area contributed by atoms with Crippen LogP contribution in [0.4, 0.5) is 0 Å². The summed E-state index contributed by atoms with van der Waals surface area (Å²) < 4.78 is 10.7. The van der Waals surface area contributed by atoms with E-state index in [0.717, 1.165) is 30.8 Å². The van der Waals surface area contributed by atoms with E-state index >= 15 is 0 Å². The van der Waals surface area contributed by atoms with Crippen molar-refractivity contribution in [3.05, 3.63) is 29.8 Å². The molecule has 4 nitrogen and oxygen atoms in total. The van der Waals surface area contributed by atoms with Gasteiger partial charge in [-0.3, -0.25) is 4.84 Å². The molecule has 0 saturated carbocycles. The largest absolute Gasteiger partial charge is 0.496 e. The second-order valence-corrected chi connectivity index (χ2v) is 3.95. The van der Waals surface area contributed by atoms with Crippen molar-refractivity contribution in [2.75, 3.05) is 20.3 Å². The lowest BCUT2D eigenvalue weighted by Gasteiger charge is -2.17. The van der Waals surface area contributed by atoms with Gasteiger partial charge in [-0.1, -0.05) is 18.2 Å². The van der Waals surface area contributed by atoms with E-state index in [-0.39, 0.29) is 6.29 Å². The third-order valence-corrected chi connectivity index (χ3v) is 2.77. The molecular weight excluding hydrogens is 218 g/mol. The van der Waals surface area contributed by atoms with Gasteiger partial charge in [0.2, 0.25) is 0 Å². The van der Waals surface area contributed by atoms with E-state index in [1.165, 1.54) is 0 Å². The van der Waals surface area contributed by atoms with Gasteiger partial charge in [0.25, 0.3) is 0 Å². The molecule has 94 valence electrons. The van der Waals surface area contributed by atoms with Crippen molar-refractivity contribution in [1.82, 2.24) is 5.06 Å². The quantitative estimate of drug-likeness (QED) is 0.785. The first-order valence-electron chi connectivity index (χ1n) is 5.98. The molecule has 0 bridgehead atoms. The fourth-order valence-corrected chi connectivity index (χ4v) is 1.96. The second kappa shape index (κ2) is 6.00. The Hall–Kier alpha value is -1.10. The molecular formula is C13H19NO3. The molecule has 4 heteroatoms. The molecule has 2 rings (SSSR count). The van der Waals surface area contributed by atoms with Gasteiger partial charge >= 0.3 is 0 Å². The Morgan fingerprint density at radius 1 is 1.41 bits per heavy atom. The third-order valence-electron chi connectivity index (χ3n) is 2.77. The standard InChI is InChI=1S/C13H19NO3/c1-3-16-13-8-9-14(17-13)10-11-6-4-5-7-12(11)15-2/h4-7,13H,3,8-10H2,1-2H3. The molecule has 1 atom stereocenters. The molecule has 1 unspecified atom stereocenters. The average molecular weight is 237 g/mol. The number of methoxy groups -OCH3 is 1. The molecule has 0 aliphatic carbocycles. The maximum atomic E-state index is 5.66. The molecule has 1 aromatic rings. The summed E-state index contributed by atoms with van der Waals surface area (Å²) >= 11 is 0. The van der Waals surface area contributed by atoms with Gasteiger partial charge in [-0.05, 0) is 13.0 Å². The van der Waals surface area contributed by atoms with Crippen LogP contribution in [0.25, 0.3) is 0 Å². The lowest BCUT2D eigenvalue weighted by molar-refractivity contribution is -0.235. The highest BCUT2D eigenvalue weighted by molar-refractivity contribution is 5.32. The van der Waals surface area contributed by atoms with Crippen molar-refractivity contribution in [2.45, 2.75) is 26.2 Å². The van der Waals surface area contributed by atoms with Crippen molar-refractivity contribution in [2.24, 2.45) is 0 Å². The number of benzene rings is 1. The number of hydroxylamine groups is 2.